The quantitative estimate of drug-likeness (QED) is 0.100. The number of carbonyl (C=O) groups excluding carboxylic acids is 1. The smallest absolute Gasteiger partial charge is 0.285 e. The number of rotatable bonds is 14. The second-order valence-electron chi connectivity index (χ2n) is 8.39. The maximum absolute atomic E-state index is 12.3. The number of furan rings is 1. The van der Waals surface area contributed by atoms with Gasteiger partial charge in [0.2, 0.25) is 0 Å². The van der Waals surface area contributed by atoms with Gasteiger partial charge in [0.15, 0.2) is 16.7 Å². The minimum absolute atomic E-state index is 0.117. The van der Waals surface area contributed by atoms with Gasteiger partial charge in [-0.2, -0.15) is 5.10 Å². The number of hydrogen-bond acceptors (Lipinski definition) is 9. The number of allylic oxidation sites excluding steroid dienone is 1. The van der Waals surface area contributed by atoms with Crippen LogP contribution in [0.1, 0.15) is 22.7 Å². The molecule has 0 saturated heterocycles. The summed E-state index contributed by atoms with van der Waals surface area (Å²) in [7, 11) is 1.62. The summed E-state index contributed by atoms with van der Waals surface area (Å²) in [4.78, 5) is 12.3. The van der Waals surface area contributed by atoms with Crippen LogP contribution in [0.5, 0.6) is 11.7 Å². The molecule has 2 aromatic heterocycles. The molecule has 2 N–H and O–H groups in total. The Kier molecular flexibility index (Phi) is 9.79. The molecule has 0 aliphatic heterocycles. The Balaban J connectivity index is 1.23. The first kappa shape index (κ1) is 27.5. The number of methoxy groups -OCH3 is 1. The topological polar surface area (TPSA) is 116 Å². The third kappa shape index (κ3) is 8.24. The Morgan fingerprint density at radius 1 is 1.13 bits per heavy atom. The summed E-state index contributed by atoms with van der Waals surface area (Å²) in [5.74, 6) is 2.16. The molecule has 0 aliphatic rings. The molecule has 0 saturated carbocycles. The van der Waals surface area contributed by atoms with Crippen molar-refractivity contribution >= 4 is 29.6 Å². The Bertz CT molecular complexity index is 1400. The summed E-state index contributed by atoms with van der Waals surface area (Å²) in [5, 5.41) is 16.5. The number of hydrazone groups is 1. The fraction of sp³-hybridized carbons (Fsp3) is 0.214. The van der Waals surface area contributed by atoms with Gasteiger partial charge in [-0.15, -0.1) is 16.8 Å². The van der Waals surface area contributed by atoms with Crippen molar-refractivity contribution in [2.75, 3.05) is 18.2 Å². The van der Waals surface area contributed by atoms with E-state index < -0.39 is 0 Å². The molecule has 0 bridgehead atoms. The predicted octanol–water partition coefficient (Wildman–Crippen LogP) is 4.81. The first-order chi connectivity index (χ1) is 19.0. The van der Waals surface area contributed by atoms with Crippen molar-refractivity contribution in [2.24, 2.45) is 5.10 Å². The molecule has 2 heterocycles. The molecule has 39 heavy (non-hydrogen) atoms. The molecule has 0 radical (unpaired) electrons. The average molecular weight is 547 g/mol. The van der Waals surface area contributed by atoms with Gasteiger partial charge in [-0.1, -0.05) is 47.7 Å². The molecule has 10 nitrogen and oxygen atoms in total. The number of amides is 1. The normalized spacial score (nSPS) is 10.9. The minimum atomic E-state index is -0.286. The van der Waals surface area contributed by atoms with E-state index in [1.165, 1.54) is 23.5 Å². The monoisotopic (exact) mass is 546 g/mol. The van der Waals surface area contributed by atoms with Crippen LogP contribution in [-0.4, -0.2) is 39.7 Å². The lowest BCUT2D eigenvalue weighted by molar-refractivity contribution is -0.118. The van der Waals surface area contributed by atoms with Crippen molar-refractivity contribution in [1.29, 1.82) is 0 Å². The van der Waals surface area contributed by atoms with Crippen molar-refractivity contribution in [2.45, 2.75) is 31.8 Å². The van der Waals surface area contributed by atoms with Crippen molar-refractivity contribution in [3.05, 3.63) is 96.0 Å². The van der Waals surface area contributed by atoms with E-state index in [-0.39, 0.29) is 11.7 Å². The lowest BCUT2D eigenvalue weighted by Gasteiger charge is -2.09. The Labute approximate surface area is 231 Å². The Morgan fingerprint density at radius 2 is 1.92 bits per heavy atom. The molecule has 11 heteroatoms. The van der Waals surface area contributed by atoms with Crippen LogP contribution in [0.15, 0.2) is 88.0 Å². The van der Waals surface area contributed by atoms with Crippen LogP contribution in [0, 0.1) is 6.92 Å². The third-order valence-corrected chi connectivity index (χ3v) is 6.43. The first-order valence-electron chi connectivity index (χ1n) is 12.2. The van der Waals surface area contributed by atoms with E-state index in [2.05, 4.69) is 32.6 Å². The molecular weight excluding hydrogens is 516 g/mol. The molecule has 4 aromatic rings. The van der Waals surface area contributed by atoms with Gasteiger partial charge in [0.1, 0.15) is 12.4 Å². The molecule has 0 aliphatic carbocycles. The lowest BCUT2D eigenvalue weighted by Crippen LogP contribution is -2.20. The van der Waals surface area contributed by atoms with Crippen LogP contribution in [0.4, 0.5) is 5.69 Å². The number of ether oxygens (including phenoxy) is 2. The molecule has 202 valence electrons. The molecule has 0 fully saturated rings. The first-order valence-corrected chi connectivity index (χ1v) is 13.2. The SMILES string of the molecule is C=CCn1c(CNc2ccc(C)cc2)nnc1SCC(=O)N/N=C/c1ccc(OCc2ccc(OC)cc2)o1. The van der Waals surface area contributed by atoms with Crippen LogP contribution in [0.25, 0.3) is 0 Å². The largest absolute Gasteiger partial charge is 0.497 e. The van der Waals surface area contributed by atoms with Crippen LogP contribution in [0.2, 0.25) is 0 Å². The van der Waals surface area contributed by atoms with Gasteiger partial charge in [0, 0.05) is 18.3 Å². The summed E-state index contributed by atoms with van der Waals surface area (Å²) in [6.45, 7) is 7.24. The number of nitrogens with one attached hydrogen (secondary N) is 2. The van der Waals surface area contributed by atoms with Gasteiger partial charge in [-0.05, 0) is 42.8 Å². The van der Waals surface area contributed by atoms with E-state index >= 15 is 0 Å². The minimum Gasteiger partial charge on any atom is -0.497 e. The Hall–Kier alpha value is -4.51. The highest BCUT2D eigenvalue weighted by atomic mass is 32.2. The molecule has 1 amide bonds. The summed E-state index contributed by atoms with van der Waals surface area (Å²) in [6.07, 6.45) is 3.18. The molecule has 0 atom stereocenters. The number of anilines is 1. The fourth-order valence-corrected chi connectivity index (χ4v) is 4.17. The fourth-order valence-electron chi connectivity index (χ4n) is 3.41. The van der Waals surface area contributed by atoms with Crippen LogP contribution >= 0.6 is 11.8 Å². The summed E-state index contributed by atoms with van der Waals surface area (Å²) in [6, 6.07) is 19.1. The summed E-state index contributed by atoms with van der Waals surface area (Å²) < 4.78 is 18.3. The number of hydrogen-bond donors (Lipinski definition) is 2. The highest BCUT2D eigenvalue weighted by Gasteiger charge is 2.13. The highest BCUT2D eigenvalue weighted by Crippen LogP contribution is 2.19. The van der Waals surface area contributed by atoms with E-state index in [1.807, 2.05) is 60.0 Å². The number of aryl methyl sites for hydroxylation is 1. The number of benzene rings is 2. The number of thioether (sulfide) groups is 1. The predicted molar refractivity (Wildman–Crippen MR) is 151 cm³/mol. The van der Waals surface area contributed by atoms with Crippen LogP contribution < -0.4 is 20.2 Å². The van der Waals surface area contributed by atoms with Crippen molar-refractivity contribution < 1.29 is 18.7 Å². The molecule has 0 spiro atoms. The average Bonchev–Trinajstić information content (AvgIpc) is 3.57. The maximum Gasteiger partial charge on any atom is 0.285 e. The van der Waals surface area contributed by atoms with E-state index in [0.717, 1.165) is 22.8 Å². The van der Waals surface area contributed by atoms with Crippen molar-refractivity contribution in [3.63, 3.8) is 0 Å². The van der Waals surface area contributed by atoms with Gasteiger partial charge in [0.25, 0.3) is 11.9 Å². The second kappa shape index (κ2) is 13.9. The Morgan fingerprint density at radius 3 is 2.67 bits per heavy atom. The van der Waals surface area contributed by atoms with Crippen molar-refractivity contribution in [1.82, 2.24) is 20.2 Å². The van der Waals surface area contributed by atoms with E-state index in [9.17, 15) is 4.79 Å². The zero-order valence-electron chi connectivity index (χ0n) is 21.8. The maximum atomic E-state index is 12.3. The highest BCUT2D eigenvalue weighted by molar-refractivity contribution is 7.99. The molecule has 4 rings (SSSR count). The summed E-state index contributed by atoms with van der Waals surface area (Å²) in [5.41, 5.74) is 5.66. The van der Waals surface area contributed by atoms with Gasteiger partial charge < -0.3 is 23.8 Å². The van der Waals surface area contributed by atoms with E-state index in [4.69, 9.17) is 13.9 Å². The van der Waals surface area contributed by atoms with Gasteiger partial charge in [-0.3, -0.25) is 4.79 Å². The third-order valence-electron chi connectivity index (χ3n) is 5.46. The second-order valence-corrected chi connectivity index (χ2v) is 9.34. The molecule has 0 unspecified atom stereocenters. The number of aromatic nitrogens is 3. The number of nitrogens with zero attached hydrogens (tertiary/aromatic N) is 4. The van der Waals surface area contributed by atoms with E-state index in [0.29, 0.717) is 36.6 Å². The van der Waals surface area contributed by atoms with Gasteiger partial charge in [-0.25, -0.2) is 5.43 Å². The van der Waals surface area contributed by atoms with Crippen LogP contribution in [0.3, 0.4) is 0 Å². The lowest BCUT2D eigenvalue weighted by atomic mass is 10.2. The number of carbonyl (C=O) groups is 1. The van der Waals surface area contributed by atoms with E-state index in [1.54, 1.807) is 25.3 Å². The summed E-state index contributed by atoms with van der Waals surface area (Å²) >= 11 is 1.27. The van der Waals surface area contributed by atoms with Gasteiger partial charge >= 0.3 is 0 Å². The standard InChI is InChI=1S/C28H30N6O4S/c1-4-15-34-25(17-29-22-9-5-20(2)6-10-22)31-33-28(34)39-19-26(35)32-30-16-24-13-14-27(38-24)37-18-21-7-11-23(36-3)12-8-21/h4-14,16,29H,1,15,17-19H2,2-3H3,(H,32,35)/b30-16+. The molecule has 2 aromatic carbocycles. The molecular formula is C28H30N6O4S. The zero-order valence-corrected chi connectivity index (χ0v) is 22.6. The van der Waals surface area contributed by atoms with Crippen LogP contribution in [-0.2, 0) is 24.5 Å². The van der Waals surface area contributed by atoms with Gasteiger partial charge in [0.05, 0.1) is 25.6 Å². The van der Waals surface area contributed by atoms with Crippen molar-refractivity contribution in [3.8, 4) is 11.7 Å². The zero-order chi connectivity index (χ0) is 27.5.